The molecule has 1 fully saturated rings. The molecule has 12 heavy (non-hydrogen) atoms. The van der Waals surface area contributed by atoms with Gasteiger partial charge in [0.2, 0.25) is 5.91 Å². The summed E-state index contributed by atoms with van der Waals surface area (Å²) in [5.74, 6) is -0.267. The molecule has 1 saturated heterocycles. The van der Waals surface area contributed by atoms with Crippen LogP contribution in [0.25, 0.3) is 0 Å². The Balaban J connectivity index is 2.38. The minimum Gasteiger partial charge on any atom is -0.373 e. The number of hydrogen-bond acceptors (Lipinski definition) is 3. The molecule has 0 aromatic rings. The van der Waals surface area contributed by atoms with Crippen molar-refractivity contribution in [1.82, 2.24) is 4.90 Å². The highest BCUT2D eigenvalue weighted by Crippen LogP contribution is 2.09. The summed E-state index contributed by atoms with van der Waals surface area (Å²) in [5, 5.41) is 0. The van der Waals surface area contributed by atoms with Gasteiger partial charge < -0.3 is 10.5 Å². The second-order valence-corrected chi connectivity index (χ2v) is 3.42. The lowest BCUT2D eigenvalue weighted by Gasteiger charge is -2.34. The van der Waals surface area contributed by atoms with Crippen LogP contribution in [0.5, 0.6) is 0 Å². The molecule has 2 N–H and O–H groups in total. The van der Waals surface area contributed by atoms with Crippen LogP contribution in [0.3, 0.4) is 0 Å². The van der Waals surface area contributed by atoms with Gasteiger partial charge in [0.15, 0.2) is 0 Å². The van der Waals surface area contributed by atoms with Crippen LogP contribution in [0.2, 0.25) is 0 Å². The maximum atomic E-state index is 10.6. The summed E-state index contributed by atoms with van der Waals surface area (Å²) in [6, 6.07) is 0. The van der Waals surface area contributed by atoms with E-state index in [1.807, 2.05) is 18.7 Å². The van der Waals surface area contributed by atoms with Gasteiger partial charge >= 0.3 is 0 Å². The van der Waals surface area contributed by atoms with Gasteiger partial charge in [-0.2, -0.15) is 0 Å². The summed E-state index contributed by atoms with van der Waals surface area (Å²) in [4.78, 5) is 12.6. The molecule has 0 bridgehead atoms. The zero-order valence-corrected chi connectivity index (χ0v) is 7.62. The lowest BCUT2D eigenvalue weighted by atomic mass is 10.2. The Morgan fingerprint density at radius 2 is 2.00 bits per heavy atom. The summed E-state index contributed by atoms with van der Waals surface area (Å²) in [6.45, 7) is 5.95. The standard InChI is InChI=1S/C8H16N2O2/c1-6-3-10(5-8(9)11)4-7(2)12-6/h6-7H,3-5H2,1-2H3,(H2,9,11)/t6-,7+. The first-order valence-electron chi connectivity index (χ1n) is 4.24. The van der Waals surface area contributed by atoms with Crippen molar-refractivity contribution in [2.45, 2.75) is 26.1 Å². The highest BCUT2D eigenvalue weighted by molar-refractivity contribution is 5.75. The zero-order valence-electron chi connectivity index (χ0n) is 7.62. The Bertz CT molecular complexity index is 162. The van der Waals surface area contributed by atoms with Gasteiger partial charge in [-0.25, -0.2) is 0 Å². The molecule has 1 aliphatic heterocycles. The maximum absolute atomic E-state index is 10.6. The number of nitrogens with two attached hydrogens (primary N) is 1. The van der Waals surface area contributed by atoms with Crippen LogP contribution in [-0.2, 0) is 9.53 Å². The summed E-state index contributed by atoms with van der Waals surface area (Å²) in [7, 11) is 0. The second kappa shape index (κ2) is 3.87. The van der Waals surface area contributed by atoms with E-state index in [4.69, 9.17) is 10.5 Å². The number of rotatable bonds is 2. The molecule has 2 atom stereocenters. The van der Waals surface area contributed by atoms with Gasteiger partial charge in [-0.05, 0) is 13.8 Å². The minimum absolute atomic E-state index is 0.202. The Hall–Kier alpha value is -0.610. The van der Waals surface area contributed by atoms with Crippen molar-refractivity contribution >= 4 is 5.91 Å². The van der Waals surface area contributed by atoms with E-state index in [0.717, 1.165) is 13.1 Å². The van der Waals surface area contributed by atoms with E-state index in [9.17, 15) is 4.79 Å². The highest BCUT2D eigenvalue weighted by Gasteiger charge is 2.22. The first-order valence-corrected chi connectivity index (χ1v) is 4.24. The Labute approximate surface area is 72.7 Å². The molecule has 0 aromatic carbocycles. The molecule has 0 spiro atoms. The van der Waals surface area contributed by atoms with Crippen LogP contribution in [0, 0.1) is 0 Å². The van der Waals surface area contributed by atoms with Gasteiger partial charge in [0.25, 0.3) is 0 Å². The molecule has 1 rings (SSSR count). The first kappa shape index (κ1) is 9.48. The monoisotopic (exact) mass is 172 g/mol. The summed E-state index contributed by atoms with van der Waals surface area (Å²) < 4.78 is 5.50. The fraction of sp³-hybridized carbons (Fsp3) is 0.875. The van der Waals surface area contributed by atoms with E-state index < -0.39 is 0 Å². The molecule has 4 nitrogen and oxygen atoms in total. The summed E-state index contributed by atoms with van der Waals surface area (Å²) in [5.41, 5.74) is 5.09. The molecule has 0 aromatic heterocycles. The van der Waals surface area contributed by atoms with Gasteiger partial charge in [0.05, 0.1) is 18.8 Å². The topological polar surface area (TPSA) is 55.6 Å². The number of morpholine rings is 1. The lowest BCUT2D eigenvalue weighted by Crippen LogP contribution is -2.48. The number of primary amides is 1. The molecule has 0 aliphatic carbocycles. The molecule has 70 valence electrons. The van der Waals surface area contributed by atoms with Crippen LogP contribution in [0.4, 0.5) is 0 Å². The molecule has 1 aliphatic rings. The van der Waals surface area contributed by atoms with E-state index in [0.29, 0.717) is 6.54 Å². The van der Waals surface area contributed by atoms with Crippen LogP contribution in [0.1, 0.15) is 13.8 Å². The number of nitrogens with zero attached hydrogens (tertiary/aromatic N) is 1. The number of carbonyl (C=O) groups is 1. The van der Waals surface area contributed by atoms with Gasteiger partial charge in [0.1, 0.15) is 0 Å². The number of ether oxygens (including phenoxy) is 1. The third kappa shape index (κ3) is 2.79. The van der Waals surface area contributed by atoms with Crippen molar-refractivity contribution in [3.8, 4) is 0 Å². The van der Waals surface area contributed by atoms with Gasteiger partial charge in [0, 0.05) is 13.1 Å². The third-order valence-electron chi connectivity index (χ3n) is 1.87. The largest absolute Gasteiger partial charge is 0.373 e. The third-order valence-corrected chi connectivity index (χ3v) is 1.87. The molecule has 0 unspecified atom stereocenters. The lowest BCUT2D eigenvalue weighted by molar-refractivity contribution is -0.122. The van der Waals surface area contributed by atoms with E-state index in [-0.39, 0.29) is 18.1 Å². The van der Waals surface area contributed by atoms with Crippen molar-refractivity contribution in [2.24, 2.45) is 5.73 Å². The van der Waals surface area contributed by atoms with E-state index in [2.05, 4.69) is 0 Å². The second-order valence-electron chi connectivity index (χ2n) is 3.42. The van der Waals surface area contributed by atoms with Gasteiger partial charge in [-0.3, -0.25) is 9.69 Å². The summed E-state index contributed by atoms with van der Waals surface area (Å²) >= 11 is 0. The quantitative estimate of drug-likeness (QED) is 0.615. The van der Waals surface area contributed by atoms with Crippen molar-refractivity contribution < 1.29 is 9.53 Å². The molecular formula is C8H16N2O2. The minimum atomic E-state index is -0.267. The Morgan fingerprint density at radius 1 is 1.50 bits per heavy atom. The molecule has 4 heteroatoms. The zero-order chi connectivity index (χ0) is 9.14. The van der Waals surface area contributed by atoms with Gasteiger partial charge in [-0.1, -0.05) is 0 Å². The molecule has 0 radical (unpaired) electrons. The van der Waals surface area contributed by atoms with Crippen molar-refractivity contribution in [2.75, 3.05) is 19.6 Å². The number of carbonyl (C=O) groups excluding carboxylic acids is 1. The molecule has 1 amide bonds. The SMILES string of the molecule is C[C@@H]1CN(CC(N)=O)C[C@H](C)O1. The molecular weight excluding hydrogens is 156 g/mol. The number of hydrogen-bond donors (Lipinski definition) is 1. The molecule has 1 heterocycles. The van der Waals surface area contributed by atoms with Crippen molar-refractivity contribution in [3.63, 3.8) is 0 Å². The fourth-order valence-electron chi connectivity index (χ4n) is 1.63. The normalized spacial score (nSPS) is 31.8. The predicted molar refractivity (Wildman–Crippen MR) is 45.6 cm³/mol. The van der Waals surface area contributed by atoms with Crippen LogP contribution >= 0.6 is 0 Å². The van der Waals surface area contributed by atoms with Crippen LogP contribution < -0.4 is 5.73 Å². The van der Waals surface area contributed by atoms with E-state index in [1.165, 1.54) is 0 Å². The summed E-state index contributed by atoms with van der Waals surface area (Å²) in [6.07, 6.45) is 0.404. The average Bonchev–Trinajstić information content (AvgIpc) is 1.81. The predicted octanol–water partition coefficient (Wildman–Crippen LogP) is -0.419. The van der Waals surface area contributed by atoms with Crippen LogP contribution in [-0.4, -0.2) is 42.6 Å². The highest BCUT2D eigenvalue weighted by atomic mass is 16.5. The number of amides is 1. The first-order chi connectivity index (χ1) is 5.58. The molecule has 0 saturated carbocycles. The smallest absolute Gasteiger partial charge is 0.231 e. The van der Waals surface area contributed by atoms with E-state index in [1.54, 1.807) is 0 Å². The van der Waals surface area contributed by atoms with Gasteiger partial charge in [-0.15, -0.1) is 0 Å². The van der Waals surface area contributed by atoms with Crippen LogP contribution in [0.15, 0.2) is 0 Å². The Kier molecular flexibility index (Phi) is 3.05. The average molecular weight is 172 g/mol. The van der Waals surface area contributed by atoms with Crippen molar-refractivity contribution in [3.05, 3.63) is 0 Å². The fourth-order valence-corrected chi connectivity index (χ4v) is 1.63. The van der Waals surface area contributed by atoms with Crippen molar-refractivity contribution in [1.29, 1.82) is 0 Å². The Morgan fingerprint density at radius 3 is 2.42 bits per heavy atom. The van der Waals surface area contributed by atoms with E-state index >= 15 is 0 Å². The maximum Gasteiger partial charge on any atom is 0.231 e.